The molecule has 0 aromatic carbocycles. The normalized spacial score (nSPS) is 12.3. The van der Waals surface area contributed by atoms with Crippen molar-refractivity contribution in [3.63, 3.8) is 0 Å². The Bertz CT molecular complexity index is 435. The van der Waals surface area contributed by atoms with Crippen molar-refractivity contribution < 1.29 is 8.42 Å². The Morgan fingerprint density at radius 2 is 1.87 bits per heavy atom. The van der Waals surface area contributed by atoms with Gasteiger partial charge in [-0.2, -0.15) is 0 Å². The number of aromatic nitrogens is 3. The molecule has 1 aromatic heterocycles. The zero-order chi connectivity index (χ0) is 11.6. The predicted molar refractivity (Wildman–Crippen MR) is 56.8 cm³/mol. The average molecular weight is 232 g/mol. The van der Waals surface area contributed by atoms with E-state index in [2.05, 4.69) is 10.2 Å². The summed E-state index contributed by atoms with van der Waals surface area (Å²) in [4.78, 5) is 0. The summed E-state index contributed by atoms with van der Waals surface area (Å²) in [7, 11) is -3.09. The van der Waals surface area contributed by atoms with Gasteiger partial charge in [-0.1, -0.05) is 0 Å². The third kappa shape index (κ3) is 3.00. The van der Waals surface area contributed by atoms with Crippen LogP contribution in [-0.2, 0) is 22.1 Å². The Kier molecular flexibility index (Phi) is 3.46. The molecule has 0 unspecified atom stereocenters. The molecule has 0 saturated heterocycles. The lowest BCUT2D eigenvalue weighted by Crippen LogP contribution is -2.15. The molecule has 86 valence electrons. The molecule has 1 heterocycles. The highest BCUT2D eigenvalue weighted by molar-refractivity contribution is 7.89. The number of hydrogen-bond acceptors (Lipinski definition) is 5. The lowest BCUT2D eigenvalue weighted by atomic mass is 10.3. The van der Waals surface area contributed by atoms with Crippen molar-refractivity contribution in [1.29, 1.82) is 0 Å². The van der Waals surface area contributed by atoms with Crippen LogP contribution in [0.15, 0.2) is 0 Å². The lowest BCUT2D eigenvalue weighted by molar-refractivity contribution is 0.547. The highest BCUT2D eigenvalue weighted by Crippen LogP contribution is 2.13. The Balaban J connectivity index is 3.14. The Hall–Kier alpha value is -0.950. The molecule has 0 radical (unpaired) electrons. The quantitative estimate of drug-likeness (QED) is 0.780. The fourth-order valence-corrected chi connectivity index (χ4v) is 2.09. The van der Waals surface area contributed by atoms with Crippen LogP contribution in [0, 0.1) is 0 Å². The number of rotatable bonds is 4. The van der Waals surface area contributed by atoms with Gasteiger partial charge in [0.15, 0.2) is 9.84 Å². The van der Waals surface area contributed by atoms with Crippen molar-refractivity contribution in [3.8, 4) is 0 Å². The summed E-state index contributed by atoms with van der Waals surface area (Å²) in [6, 6.07) is 0.107. The van der Waals surface area contributed by atoms with Gasteiger partial charge in [-0.15, -0.1) is 10.2 Å². The van der Waals surface area contributed by atoms with E-state index in [9.17, 15) is 8.42 Å². The van der Waals surface area contributed by atoms with Gasteiger partial charge in [-0.05, 0) is 13.8 Å². The summed E-state index contributed by atoms with van der Waals surface area (Å²) in [6.45, 7) is 4.14. The van der Waals surface area contributed by atoms with Crippen molar-refractivity contribution in [2.75, 3.05) is 6.26 Å². The average Bonchev–Trinajstić information content (AvgIpc) is 2.44. The van der Waals surface area contributed by atoms with Crippen LogP contribution in [-0.4, -0.2) is 29.4 Å². The van der Waals surface area contributed by atoms with E-state index in [-0.39, 0.29) is 18.3 Å². The maximum atomic E-state index is 11.2. The van der Waals surface area contributed by atoms with Crippen LogP contribution >= 0.6 is 0 Å². The maximum Gasteiger partial charge on any atom is 0.154 e. The molecule has 0 aliphatic heterocycles. The van der Waals surface area contributed by atoms with Crippen molar-refractivity contribution in [2.24, 2.45) is 5.73 Å². The number of sulfone groups is 1. The topological polar surface area (TPSA) is 90.9 Å². The second kappa shape index (κ2) is 4.28. The highest BCUT2D eigenvalue weighted by atomic mass is 32.2. The molecular weight excluding hydrogens is 216 g/mol. The molecule has 0 aliphatic carbocycles. The molecule has 0 bridgehead atoms. The van der Waals surface area contributed by atoms with Gasteiger partial charge in [-0.25, -0.2) is 8.42 Å². The minimum absolute atomic E-state index is 0.0990. The number of hydrogen-bond donors (Lipinski definition) is 1. The minimum atomic E-state index is -3.09. The molecule has 0 saturated carbocycles. The van der Waals surface area contributed by atoms with Gasteiger partial charge in [0.05, 0.1) is 6.54 Å². The van der Waals surface area contributed by atoms with Crippen LogP contribution in [0.1, 0.15) is 31.5 Å². The van der Waals surface area contributed by atoms with E-state index < -0.39 is 9.84 Å². The molecule has 0 amide bonds. The first-order valence-corrected chi connectivity index (χ1v) is 6.71. The first-order valence-electron chi connectivity index (χ1n) is 4.65. The molecule has 0 spiro atoms. The maximum absolute atomic E-state index is 11.2. The van der Waals surface area contributed by atoms with Crippen LogP contribution in [0.3, 0.4) is 0 Å². The van der Waals surface area contributed by atoms with E-state index in [1.807, 2.05) is 13.8 Å². The van der Waals surface area contributed by atoms with Crippen LogP contribution in [0.25, 0.3) is 0 Å². The molecule has 0 aliphatic rings. The molecule has 1 rings (SSSR count). The SMILES string of the molecule is CC(C)n1c(CN)nnc1CS(C)(=O)=O. The third-order valence-corrected chi connectivity index (χ3v) is 2.71. The Labute approximate surface area is 89.4 Å². The molecule has 2 N–H and O–H groups in total. The molecule has 15 heavy (non-hydrogen) atoms. The fraction of sp³-hybridized carbons (Fsp3) is 0.750. The van der Waals surface area contributed by atoms with Crippen LogP contribution in [0.2, 0.25) is 0 Å². The van der Waals surface area contributed by atoms with Crippen molar-refractivity contribution >= 4 is 9.84 Å². The van der Waals surface area contributed by atoms with Crippen molar-refractivity contribution in [3.05, 3.63) is 11.6 Å². The third-order valence-electron chi connectivity index (χ3n) is 1.93. The molecule has 0 atom stereocenters. The zero-order valence-corrected chi connectivity index (χ0v) is 9.95. The summed E-state index contributed by atoms with van der Waals surface area (Å²) in [5.41, 5.74) is 5.49. The highest BCUT2D eigenvalue weighted by Gasteiger charge is 2.17. The largest absolute Gasteiger partial charge is 0.324 e. The first-order chi connectivity index (χ1) is 6.85. The molecule has 6 nitrogen and oxygen atoms in total. The summed E-state index contributed by atoms with van der Waals surface area (Å²) < 4.78 is 24.1. The van der Waals surface area contributed by atoms with E-state index in [0.29, 0.717) is 11.6 Å². The van der Waals surface area contributed by atoms with Gasteiger partial charge >= 0.3 is 0 Å². The van der Waals surface area contributed by atoms with Crippen molar-refractivity contribution in [2.45, 2.75) is 32.2 Å². The standard InChI is InChI=1S/C8H16N4O2S/c1-6(2)12-7(4-9)10-11-8(12)5-15(3,13)14/h6H,4-5,9H2,1-3H3. The Morgan fingerprint density at radius 1 is 1.33 bits per heavy atom. The van der Waals surface area contributed by atoms with E-state index in [1.54, 1.807) is 4.57 Å². The predicted octanol–water partition coefficient (Wildman–Crippen LogP) is -0.138. The summed E-state index contributed by atoms with van der Waals surface area (Å²) in [5.74, 6) is 0.967. The van der Waals surface area contributed by atoms with Gasteiger partial charge < -0.3 is 10.3 Å². The van der Waals surface area contributed by atoms with E-state index in [4.69, 9.17) is 5.73 Å². The minimum Gasteiger partial charge on any atom is -0.324 e. The van der Waals surface area contributed by atoms with Crippen LogP contribution < -0.4 is 5.73 Å². The van der Waals surface area contributed by atoms with Gasteiger partial charge in [-0.3, -0.25) is 0 Å². The second-order valence-electron chi connectivity index (χ2n) is 3.77. The van der Waals surface area contributed by atoms with Gasteiger partial charge in [0, 0.05) is 12.3 Å². The summed E-state index contributed by atoms with van der Waals surface area (Å²) in [6.07, 6.45) is 1.18. The van der Waals surface area contributed by atoms with Crippen molar-refractivity contribution in [1.82, 2.24) is 14.8 Å². The van der Waals surface area contributed by atoms with E-state index in [1.165, 1.54) is 6.26 Å². The smallest absolute Gasteiger partial charge is 0.154 e. The lowest BCUT2D eigenvalue weighted by Gasteiger charge is -2.12. The van der Waals surface area contributed by atoms with E-state index in [0.717, 1.165) is 0 Å². The van der Waals surface area contributed by atoms with Crippen LogP contribution in [0.5, 0.6) is 0 Å². The monoisotopic (exact) mass is 232 g/mol. The first kappa shape index (κ1) is 12.1. The van der Waals surface area contributed by atoms with Gasteiger partial charge in [0.2, 0.25) is 0 Å². The van der Waals surface area contributed by atoms with Crippen LogP contribution in [0.4, 0.5) is 0 Å². The molecule has 0 fully saturated rings. The molecule has 1 aromatic rings. The Morgan fingerprint density at radius 3 is 2.27 bits per heavy atom. The molecule has 7 heteroatoms. The second-order valence-corrected chi connectivity index (χ2v) is 5.91. The zero-order valence-electron chi connectivity index (χ0n) is 9.14. The summed E-state index contributed by atoms with van der Waals surface area (Å²) >= 11 is 0. The number of nitrogens with zero attached hydrogens (tertiary/aromatic N) is 3. The number of nitrogens with two attached hydrogens (primary N) is 1. The summed E-state index contributed by atoms with van der Waals surface area (Å²) in [5, 5.41) is 7.71. The van der Waals surface area contributed by atoms with E-state index >= 15 is 0 Å². The van der Waals surface area contributed by atoms with Gasteiger partial charge in [0.25, 0.3) is 0 Å². The van der Waals surface area contributed by atoms with Gasteiger partial charge in [0.1, 0.15) is 17.4 Å². The fourth-order valence-electron chi connectivity index (χ4n) is 1.43. The molecular formula is C8H16N4O2S.